The number of amides is 1. The highest BCUT2D eigenvalue weighted by atomic mass is 32.2. The van der Waals surface area contributed by atoms with Gasteiger partial charge in [0.15, 0.2) is 0 Å². The summed E-state index contributed by atoms with van der Waals surface area (Å²) in [5.74, 6) is -0.583. The van der Waals surface area contributed by atoms with Gasteiger partial charge in [-0.2, -0.15) is 0 Å². The summed E-state index contributed by atoms with van der Waals surface area (Å²) in [7, 11) is 1.37. The maximum atomic E-state index is 13.1. The van der Waals surface area contributed by atoms with Gasteiger partial charge >= 0.3 is 5.97 Å². The standard InChI is InChI=1S/C26H30N4O6S/c1-5-6-7-14-29-16-21(24(31)28-20-13-10-18(30(34)35)15-22(20)36-4)27-23(29)17-8-11-19(12-9-17)37-26(2,3)25(32)33/h8-13,15-16H,5-7,14H2,1-4H3,(H,28,31)(H,32,33). The van der Waals surface area contributed by atoms with E-state index >= 15 is 0 Å². The summed E-state index contributed by atoms with van der Waals surface area (Å²) >= 11 is 1.25. The Morgan fingerprint density at radius 1 is 1.19 bits per heavy atom. The third-order valence-corrected chi connectivity index (χ3v) is 6.85. The van der Waals surface area contributed by atoms with Crippen LogP contribution in [0.5, 0.6) is 5.75 Å². The molecule has 0 bridgehead atoms. The predicted molar refractivity (Wildman–Crippen MR) is 142 cm³/mol. The van der Waals surface area contributed by atoms with Crippen molar-refractivity contribution < 1.29 is 24.4 Å². The number of thioether (sulfide) groups is 1. The largest absolute Gasteiger partial charge is 0.494 e. The van der Waals surface area contributed by atoms with E-state index in [0.29, 0.717) is 18.1 Å². The molecule has 2 aromatic carbocycles. The summed E-state index contributed by atoms with van der Waals surface area (Å²) < 4.78 is 6.18. The Kier molecular flexibility index (Phi) is 8.93. The number of nitrogens with zero attached hydrogens (tertiary/aromatic N) is 3. The molecule has 0 aliphatic carbocycles. The van der Waals surface area contributed by atoms with Crippen molar-refractivity contribution in [2.75, 3.05) is 12.4 Å². The summed E-state index contributed by atoms with van der Waals surface area (Å²) in [6, 6.07) is 11.4. The molecule has 0 spiro atoms. The number of aromatic nitrogens is 2. The van der Waals surface area contributed by atoms with Crippen LogP contribution in [0.2, 0.25) is 0 Å². The number of unbranched alkanes of at least 4 members (excludes halogenated alkanes) is 2. The van der Waals surface area contributed by atoms with Crippen LogP contribution in [0.4, 0.5) is 11.4 Å². The minimum absolute atomic E-state index is 0.148. The Labute approximate surface area is 219 Å². The van der Waals surface area contributed by atoms with Gasteiger partial charge in [-0.3, -0.25) is 19.7 Å². The number of anilines is 1. The van der Waals surface area contributed by atoms with Crippen molar-refractivity contribution >= 4 is 35.0 Å². The number of ether oxygens (including phenoxy) is 1. The summed E-state index contributed by atoms with van der Waals surface area (Å²) in [6.45, 7) is 6.09. The molecular weight excluding hydrogens is 496 g/mol. The van der Waals surface area contributed by atoms with Crippen molar-refractivity contribution in [2.24, 2.45) is 0 Å². The van der Waals surface area contributed by atoms with Crippen molar-refractivity contribution in [3.05, 3.63) is 64.5 Å². The van der Waals surface area contributed by atoms with Gasteiger partial charge in [-0.1, -0.05) is 31.9 Å². The number of aliphatic carboxylic acids is 1. The highest BCUT2D eigenvalue weighted by molar-refractivity contribution is 8.01. The minimum atomic E-state index is -0.968. The van der Waals surface area contributed by atoms with E-state index in [1.165, 1.54) is 37.1 Å². The number of methoxy groups -OCH3 is 1. The number of aryl methyl sites for hydroxylation is 1. The first-order valence-electron chi connectivity index (χ1n) is 11.8. The number of rotatable bonds is 12. The highest BCUT2D eigenvalue weighted by Gasteiger charge is 2.28. The molecule has 0 aliphatic rings. The minimum Gasteiger partial charge on any atom is -0.494 e. The van der Waals surface area contributed by atoms with Crippen molar-refractivity contribution in [1.82, 2.24) is 9.55 Å². The van der Waals surface area contributed by atoms with E-state index in [1.54, 1.807) is 20.0 Å². The number of nitrogens with one attached hydrogen (secondary N) is 1. The van der Waals surface area contributed by atoms with Crippen molar-refractivity contribution in [2.45, 2.75) is 56.2 Å². The lowest BCUT2D eigenvalue weighted by atomic mass is 10.2. The molecule has 0 saturated heterocycles. The van der Waals surface area contributed by atoms with Gasteiger partial charge in [0, 0.05) is 29.3 Å². The van der Waals surface area contributed by atoms with E-state index in [0.717, 1.165) is 29.7 Å². The highest BCUT2D eigenvalue weighted by Crippen LogP contribution is 2.34. The van der Waals surface area contributed by atoms with Crippen molar-refractivity contribution in [3.8, 4) is 17.1 Å². The van der Waals surface area contributed by atoms with Crippen LogP contribution in [0.15, 0.2) is 53.6 Å². The number of benzene rings is 2. The molecule has 11 heteroatoms. The Bertz CT molecular complexity index is 1290. The number of carboxylic acids is 1. The molecule has 0 aliphatic heterocycles. The summed E-state index contributed by atoms with van der Waals surface area (Å²) in [5, 5.41) is 23.2. The number of non-ortho nitro benzene ring substituents is 1. The first-order chi connectivity index (χ1) is 17.6. The summed E-state index contributed by atoms with van der Waals surface area (Å²) in [5.41, 5.74) is 1.13. The van der Waals surface area contributed by atoms with Gasteiger partial charge in [-0.25, -0.2) is 4.98 Å². The Hall–Kier alpha value is -3.86. The van der Waals surface area contributed by atoms with E-state index in [-0.39, 0.29) is 17.1 Å². The lowest BCUT2D eigenvalue weighted by Crippen LogP contribution is -2.26. The number of carbonyl (C=O) groups is 2. The predicted octanol–water partition coefficient (Wildman–Crippen LogP) is 5.86. The number of hydrogen-bond acceptors (Lipinski definition) is 7. The third-order valence-electron chi connectivity index (χ3n) is 5.66. The fourth-order valence-electron chi connectivity index (χ4n) is 3.55. The number of carboxylic acid groups (broad SMARTS) is 1. The van der Waals surface area contributed by atoms with E-state index in [4.69, 9.17) is 4.74 Å². The van der Waals surface area contributed by atoms with Crippen LogP contribution in [-0.2, 0) is 11.3 Å². The molecule has 10 nitrogen and oxygen atoms in total. The van der Waals surface area contributed by atoms with Crippen LogP contribution < -0.4 is 10.1 Å². The molecule has 0 atom stereocenters. The molecule has 1 amide bonds. The van der Waals surface area contributed by atoms with Gasteiger partial charge in [0.05, 0.1) is 23.8 Å². The fourth-order valence-corrected chi connectivity index (χ4v) is 4.50. The number of nitro groups is 1. The quantitative estimate of drug-likeness (QED) is 0.129. The zero-order valence-electron chi connectivity index (χ0n) is 21.2. The molecule has 0 unspecified atom stereocenters. The van der Waals surface area contributed by atoms with E-state index in [2.05, 4.69) is 17.2 Å². The average molecular weight is 527 g/mol. The monoisotopic (exact) mass is 526 g/mol. The van der Waals surface area contributed by atoms with E-state index in [9.17, 15) is 24.8 Å². The lowest BCUT2D eigenvalue weighted by molar-refractivity contribution is -0.384. The Balaban J connectivity index is 1.88. The molecule has 3 aromatic rings. The van der Waals surface area contributed by atoms with Crippen LogP contribution in [0.3, 0.4) is 0 Å². The van der Waals surface area contributed by atoms with Crippen molar-refractivity contribution in [1.29, 1.82) is 0 Å². The molecule has 1 heterocycles. The average Bonchev–Trinajstić information content (AvgIpc) is 3.28. The maximum Gasteiger partial charge on any atom is 0.319 e. The van der Waals surface area contributed by atoms with Gasteiger partial charge < -0.3 is 19.7 Å². The van der Waals surface area contributed by atoms with Gasteiger partial charge in [0.25, 0.3) is 11.6 Å². The normalized spacial score (nSPS) is 11.2. The zero-order valence-corrected chi connectivity index (χ0v) is 22.0. The molecule has 0 radical (unpaired) electrons. The molecule has 1 aromatic heterocycles. The molecule has 0 saturated carbocycles. The fraction of sp³-hybridized carbons (Fsp3) is 0.346. The van der Waals surface area contributed by atoms with E-state index in [1.807, 2.05) is 28.8 Å². The topological polar surface area (TPSA) is 137 Å². The second kappa shape index (κ2) is 11.9. The number of nitro benzene ring substituents is 1. The van der Waals surface area contributed by atoms with Gasteiger partial charge in [0.2, 0.25) is 0 Å². The number of hydrogen-bond donors (Lipinski definition) is 2. The smallest absolute Gasteiger partial charge is 0.319 e. The number of carbonyl (C=O) groups excluding carboxylic acids is 1. The second-order valence-electron chi connectivity index (χ2n) is 8.89. The SMILES string of the molecule is CCCCCn1cc(C(=O)Nc2ccc([N+](=O)[O-])cc2OC)nc1-c1ccc(SC(C)(C)C(=O)O)cc1. The first-order valence-corrected chi connectivity index (χ1v) is 12.6. The van der Waals surface area contributed by atoms with Crippen LogP contribution in [0.1, 0.15) is 50.5 Å². The third kappa shape index (κ3) is 6.88. The van der Waals surface area contributed by atoms with Gasteiger partial charge in [0.1, 0.15) is 22.0 Å². The van der Waals surface area contributed by atoms with Crippen molar-refractivity contribution in [3.63, 3.8) is 0 Å². The molecular formula is C26H30N4O6S. The van der Waals surface area contributed by atoms with E-state index < -0.39 is 21.5 Å². The first kappa shape index (κ1) is 27.7. The van der Waals surface area contributed by atoms with Crippen LogP contribution in [-0.4, -0.2) is 43.3 Å². The molecule has 2 N–H and O–H groups in total. The molecule has 196 valence electrons. The zero-order chi connectivity index (χ0) is 27.2. The number of imidazole rings is 1. The summed E-state index contributed by atoms with van der Waals surface area (Å²) in [6.07, 6.45) is 4.67. The maximum absolute atomic E-state index is 13.1. The van der Waals surface area contributed by atoms with Gasteiger partial charge in [-0.05, 0) is 38.5 Å². The second-order valence-corrected chi connectivity index (χ2v) is 10.6. The molecule has 0 fully saturated rings. The molecule has 37 heavy (non-hydrogen) atoms. The van der Waals surface area contributed by atoms with Crippen LogP contribution in [0.25, 0.3) is 11.4 Å². The van der Waals surface area contributed by atoms with Crippen LogP contribution in [0, 0.1) is 10.1 Å². The van der Waals surface area contributed by atoms with Crippen LogP contribution >= 0.6 is 11.8 Å². The Morgan fingerprint density at radius 2 is 1.89 bits per heavy atom. The van der Waals surface area contributed by atoms with Gasteiger partial charge in [-0.15, -0.1) is 11.8 Å². The lowest BCUT2D eigenvalue weighted by Gasteiger charge is -2.18. The Morgan fingerprint density at radius 3 is 2.49 bits per heavy atom. The molecule has 3 rings (SSSR count). The summed E-state index contributed by atoms with van der Waals surface area (Å²) in [4.78, 5) is 40.4.